The van der Waals surface area contributed by atoms with E-state index in [0.29, 0.717) is 30.1 Å². The Bertz CT molecular complexity index is 924. The number of ether oxygens (including phenoxy) is 4. The molecule has 0 unspecified atom stereocenters. The predicted octanol–water partition coefficient (Wildman–Crippen LogP) is 2.55. The number of carbonyl (C=O) groups excluding carboxylic acids is 2. The lowest BCUT2D eigenvalue weighted by molar-refractivity contribution is -0.230. The van der Waals surface area contributed by atoms with Crippen molar-refractivity contribution in [3.8, 4) is 5.75 Å². The lowest BCUT2D eigenvalue weighted by atomic mass is 10.1. The lowest BCUT2D eigenvalue weighted by Crippen LogP contribution is -2.37. The summed E-state index contributed by atoms with van der Waals surface area (Å²) in [4.78, 5) is 26.0. The summed E-state index contributed by atoms with van der Waals surface area (Å²) in [5.41, 5.74) is 1.63. The quantitative estimate of drug-likeness (QED) is 0.566. The van der Waals surface area contributed by atoms with E-state index in [2.05, 4.69) is 15.9 Å². The Morgan fingerprint density at radius 1 is 1.03 bits per heavy atom. The molecule has 1 fully saturated rings. The second-order valence-corrected chi connectivity index (χ2v) is 7.91. The van der Waals surface area contributed by atoms with Crippen molar-refractivity contribution < 1.29 is 33.6 Å². The molecule has 164 valence electrons. The molecule has 2 amide bonds. The van der Waals surface area contributed by atoms with Crippen LogP contribution in [0, 0.1) is 0 Å². The third-order valence-corrected chi connectivity index (χ3v) is 5.72. The van der Waals surface area contributed by atoms with E-state index >= 15 is 0 Å². The summed E-state index contributed by atoms with van der Waals surface area (Å²) in [5, 5.41) is 8.91. The molecule has 9 heteroatoms. The van der Waals surface area contributed by atoms with Crippen LogP contribution in [0.1, 0.15) is 32.6 Å². The van der Waals surface area contributed by atoms with E-state index in [-0.39, 0.29) is 44.3 Å². The topological polar surface area (TPSA) is 94.5 Å². The third-order valence-electron chi connectivity index (χ3n) is 5.00. The molecule has 1 N–H and O–H groups in total. The Kier molecular flexibility index (Phi) is 6.99. The van der Waals surface area contributed by atoms with Gasteiger partial charge in [0.1, 0.15) is 18.5 Å². The van der Waals surface area contributed by atoms with Crippen LogP contribution in [0.5, 0.6) is 5.75 Å². The number of carbonyl (C=O) groups is 2. The molecular formula is C22H22BrNO7. The van der Waals surface area contributed by atoms with Crippen LogP contribution in [0.25, 0.3) is 0 Å². The zero-order valence-corrected chi connectivity index (χ0v) is 18.2. The zero-order valence-electron chi connectivity index (χ0n) is 16.7. The zero-order chi connectivity index (χ0) is 21.8. The van der Waals surface area contributed by atoms with Crippen molar-refractivity contribution in [2.45, 2.75) is 12.4 Å². The van der Waals surface area contributed by atoms with Crippen molar-refractivity contribution >= 4 is 27.7 Å². The fraction of sp³-hybridized carbons (Fsp3) is 0.364. The molecule has 0 spiro atoms. The van der Waals surface area contributed by atoms with Crippen molar-refractivity contribution in [1.29, 1.82) is 0 Å². The molecule has 0 bridgehead atoms. The molecule has 2 aliphatic rings. The number of nitrogens with zero attached hydrogens (tertiary/aromatic N) is 1. The van der Waals surface area contributed by atoms with Crippen molar-refractivity contribution in [2.75, 3.05) is 39.6 Å². The van der Waals surface area contributed by atoms with Gasteiger partial charge < -0.3 is 24.1 Å². The van der Waals surface area contributed by atoms with E-state index < -0.39 is 6.29 Å². The Morgan fingerprint density at radius 3 is 2.35 bits per heavy atom. The van der Waals surface area contributed by atoms with Gasteiger partial charge in [0.25, 0.3) is 11.8 Å². The first kappa shape index (κ1) is 21.9. The number of halogens is 1. The normalized spacial score (nSPS) is 20.8. The van der Waals surface area contributed by atoms with Crippen molar-refractivity contribution in [1.82, 2.24) is 4.90 Å². The highest BCUT2D eigenvalue weighted by molar-refractivity contribution is 9.10. The van der Waals surface area contributed by atoms with Crippen molar-refractivity contribution in [2.24, 2.45) is 0 Å². The van der Waals surface area contributed by atoms with Gasteiger partial charge in [-0.25, -0.2) is 0 Å². The first-order valence-corrected chi connectivity index (χ1v) is 10.7. The number of hydrogen-bond acceptors (Lipinski definition) is 7. The maximum Gasteiger partial charge on any atom is 0.261 e. The van der Waals surface area contributed by atoms with Crippen LogP contribution in [0.15, 0.2) is 46.9 Å². The van der Waals surface area contributed by atoms with Crippen LogP contribution < -0.4 is 4.74 Å². The first-order chi connectivity index (χ1) is 15.1. The number of hydrogen-bond donors (Lipinski definition) is 1. The lowest BCUT2D eigenvalue weighted by Gasteiger charge is -2.30. The van der Waals surface area contributed by atoms with Crippen LogP contribution in [-0.4, -0.2) is 67.5 Å². The molecule has 1 saturated heterocycles. The SMILES string of the molecule is O=C1c2ccccc2C(=O)N1CCOC1COC(c2cc(OCCO)ccc2Br)OC1. The average molecular weight is 492 g/mol. The summed E-state index contributed by atoms with van der Waals surface area (Å²) in [5.74, 6) is 0.0147. The van der Waals surface area contributed by atoms with E-state index in [1.54, 1.807) is 36.4 Å². The Morgan fingerprint density at radius 2 is 1.71 bits per heavy atom. The third kappa shape index (κ3) is 4.81. The second-order valence-electron chi connectivity index (χ2n) is 7.05. The van der Waals surface area contributed by atoms with Crippen molar-refractivity contribution in [3.05, 3.63) is 63.6 Å². The number of rotatable bonds is 8. The van der Waals surface area contributed by atoms with E-state index in [1.165, 1.54) is 4.90 Å². The monoisotopic (exact) mass is 491 g/mol. The molecule has 0 atom stereocenters. The summed E-state index contributed by atoms with van der Waals surface area (Å²) in [6.45, 7) is 1.11. The highest BCUT2D eigenvalue weighted by Crippen LogP contribution is 2.33. The molecule has 2 aromatic carbocycles. The van der Waals surface area contributed by atoms with Crippen LogP contribution >= 0.6 is 15.9 Å². The standard InChI is InChI=1S/C22H22BrNO7/c23-19-6-5-14(29-10-8-25)11-18(19)22-30-12-15(13-31-22)28-9-7-24-20(26)16-3-1-2-4-17(16)21(24)27/h1-6,11,15,22,25H,7-10,12-13H2. The molecule has 2 aliphatic heterocycles. The molecule has 31 heavy (non-hydrogen) atoms. The van der Waals surface area contributed by atoms with Gasteiger partial charge in [-0.1, -0.05) is 28.1 Å². The molecule has 0 radical (unpaired) electrons. The fourth-order valence-corrected chi connectivity index (χ4v) is 3.90. The Hall–Kier alpha value is -2.30. The van der Waals surface area contributed by atoms with Crippen LogP contribution in [0.2, 0.25) is 0 Å². The Balaban J connectivity index is 1.26. The maximum atomic E-state index is 12.4. The van der Waals surface area contributed by atoms with Gasteiger partial charge in [-0.05, 0) is 30.3 Å². The van der Waals surface area contributed by atoms with Gasteiger partial charge in [-0.3, -0.25) is 14.5 Å². The maximum absolute atomic E-state index is 12.4. The Labute approximate surface area is 187 Å². The van der Waals surface area contributed by atoms with Gasteiger partial charge in [0, 0.05) is 10.0 Å². The smallest absolute Gasteiger partial charge is 0.261 e. The number of fused-ring (bicyclic) bond motifs is 1. The van der Waals surface area contributed by atoms with E-state index in [4.69, 9.17) is 24.1 Å². The summed E-state index contributed by atoms with van der Waals surface area (Å²) in [6.07, 6.45) is -0.887. The van der Waals surface area contributed by atoms with Gasteiger partial charge in [0.15, 0.2) is 6.29 Å². The van der Waals surface area contributed by atoms with Crippen molar-refractivity contribution in [3.63, 3.8) is 0 Å². The van der Waals surface area contributed by atoms with E-state index in [1.807, 2.05) is 6.07 Å². The fourth-order valence-electron chi connectivity index (χ4n) is 3.47. The van der Waals surface area contributed by atoms with Gasteiger partial charge in [0.2, 0.25) is 0 Å². The number of aliphatic hydroxyl groups is 1. The molecule has 0 aromatic heterocycles. The van der Waals surface area contributed by atoms with Gasteiger partial charge in [-0.2, -0.15) is 0 Å². The minimum absolute atomic E-state index is 0.0679. The summed E-state index contributed by atoms with van der Waals surface area (Å²) < 4.78 is 23.6. The molecule has 2 heterocycles. The highest BCUT2D eigenvalue weighted by atomic mass is 79.9. The molecule has 0 saturated carbocycles. The average Bonchev–Trinajstić information content (AvgIpc) is 3.04. The predicted molar refractivity (Wildman–Crippen MR) is 113 cm³/mol. The number of imide groups is 1. The number of benzene rings is 2. The largest absolute Gasteiger partial charge is 0.491 e. The van der Waals surface area contributed by atoms with Gasteiger partial charge in [-0.15, -0.1) is 0 Å². The minimum atomic E-state index is -0.580. The van der Waals surface area contributed by atoms with E-state index in [9.17, 15) is 9.59 Å². The summed E-state index contributed by atoms with van der Waals surface area (Å²) >= 11 is 3.49. The van der Waals surface area contributed by atoms with Crippen LogP contribution in [-0.2, 0) is 14.2 Å². The molecule has 2 aromatic rings. The highest BCUT2D eigenvalue weighted by Gasteiger charge is 2.35. The molecule has 4 rings (SSSR count). The number of aliphatic hydroxyl groups excluding tert-OH is 1. The molecule has 0 aliphatic carbocycles. The molecular weight excluding hydrogens is 470 g/mol. The second kappa shape index (κ2) is 9.88. The number of amides is 2. The minimum Gasteiger partial charge on any atom is -0.491 e. The van der Waals surface area contributed by atoms with Gasteiger partial charge in [0.05, 0.1) is 44.1 Å². The molecule has 8 nitrogen and oxygen atoms in total. The van der Waals surface area contributed by atoms with E-state index in [0.717, 1.165) is 10.0 Å². The van der Waals surface area contributed by atoms with Crippen LogP contribution in [0.3, 0.4) is 0 Å². The summed E-state index contributed by atoms with van der Waals surface area (Å²) in [7, 11) is 0. The first-order valence-electron chi connectivity index (χ1n) is 9.91. The van der Waals surface area contributed by atoms with Crippen LogP contribution in [0.4, 0.5) is 0 Å². The van der Waals surface area contributed by atoms with Gasteiger partial charge >= 0.3 is 0 Å². The summed E-state index contributed by atoms with van der Waals surface area (Å²) in [6, 6.07) is 12.2.